The smallest absolute Gasteiger partial charge is 0.337 e. The van der Waals surface area contributed by atoms with E-state index in [4.69, 9.17) is 9.47 Å². The van der Waals surface area contributed by atoms with Crippen LogP contribution in [0.3, 0.4) is 0 Å². The molecule has 0 bridgehead atoms. The number of aromatic amines is 1. The Balaban J connectivity index is 1.55. The topological polar surface area (TPSA) is 89.7 Å². The van der Waals surface area contributed by atoms with Crippen LogP contribution in [0.1, 0.15) is 15.9 Å². The summed E-state index contributed by atoms with van der Waals surface area (Å²) in [5, 5.41) is 4.06. The Kier molecular flexibility index (Phi) is 4.42. The van der Waals surface area contributed by atoms with Gasteiger partial charge in [-0.15, -0.1) is 0 Å². The minimum Gasteiger partial charge on any atom is -0.486 e. The molecule has 1 aliphatic rings. The Labute approximate surface area is 154 Å². The van der Waals surface area contributed by atoms with E-state index in [9.17, 15) is 9.59 Å². The third-order valence-corrected chi connectivity index (χ3v) is 4.37. The molecular weight excluding hydrogens is 348 g/mol. The van der Waals surface area contributed by atoms with Crippen molar-refractivity contribution >= 4 is 22.6 Å². The van der Waals surface area contributed by atoms with Gasteiger partial charge in [0.05, 0.1) is 18.2 Å². The molecule has 0 saturated heterocycles. The highest BCUT2D eigenvalue weighted by Gasteiger charge is 2.14. The number of methoxy groups -OCH3 is 1. The Bertz CT molecular complexity index is 1060. The summed E-state index contributed by atoms with van der Waals surface area (Å²) < 4.78 is 15.8. The van der Waals surface area contributed by atoms with Crippen molar-refractivity contribution in [2.45, 2.75) is 6.54 Å². The lowest BCUT2D eigenvalue weighted by atomic mass is 10.1. The van der Waals surface area contributed by atoms with Crippen LogP contribution < -0.4 is 20.3 Å². The van der Waals surface area contributed by atoms with Crippen molar-refractivity contribution in [3.05, 3.63) is 63.9 Å². The Morgan fingerprint density at radius 2 is 1.81 bits per heavy atom. The largest absolute Gasteiger partial charge is 0.486 e. The predicted molar refractivity (Wildman–Crippen MR) is 101 cm³/mol. The zero-order valence-electron chi connectivity index (χ0n) is 14.7. The fraction of sp³-hybridized carbons (Fsp3) is 0.200. The van der Waals surface area contributed by atoms with Gasteiger partial charge in [0.2, 0.25) is 0 Å². The fourth-order valence-corrected chi connectivity index (χ4v) is 2.96. The molecule has 27 heavy (non-hydrogen) atoms. The lowest BCUT2D eigenvalue weighted by Gasteiger charge is -2.19. The summed E-state index contributed by atoms with van der Waals surface area (Å²) in [6, 6.07) is 12.4. The van der Waals surface area contributed by atoms with E-state index in [2.05, 4.69) is 15.0 Å². The molecular formula is C20H18N2O5. The Morgan fingerprint density at radius 3 is 2.52 bits per heavy atom. The number of hydrogen-bond donors (Lipinski definition) is 2. The van der Waals surface area contributed by atoms with Gasteiger partial charge in [0, 0.05) is 29.2 Å². The SMILES string of the molecule is COC(=O)c1ccc(NCc2cc3cc4c(cc3[nH]c2=O)OCCO4)cc1. The maximum Gasteiger partial charge on any atom is 0.337 e. The van der Waals surface area contributed by atoms with E-state index in [0.717, 1.165) is 11.1 Å². The monoisotopic (exact) mass is 366 g/mol. The summed E-state index contributed by atoms with van der Waals surface area (Å²) >= 11 is 0. The van der Waals surface area contributed by atoms with Crippen LogP contribution in [-0.2, 0) is 11.3 Å². The van der Waals surface area contributed by atoms with E-state index in [-0.39, 0.29) is 11.5 Å². The zero-order chi connectivity index (χ0) is 18.8. The highest BCUT2D eigenvalue weighted by Crippen LogP contribution is 2.33. The number of H-pyrrole nitrogens is 1. The molecule has 7 heteroatoms. The quantitative estimate of drug-likeness (QED) is 0.690. The van der Waals surface area contributed by atoms with Crippen molar-refractivity contribution in [1.82, 2.24) is 4.98 Å². The number of ether oxygens (including phenoxy) is 3. The minimum atomic E-state index is -0.387. The van der Waals surface area contributed by atoms with Gasteiger partial charge >= 0.3 is 5.97 Å². The first-order chi connectivity index (χ1) is 13.1. The minimum absolute atomic E-state index is 0.169. The lowest BCUT2D eigenvalue weighted by Crippen LogP contribution is -2.17. The summed E-state index contributed by atoms with van der Waals surface area (Å²) in [5.74, 6) is 0.932. The Morgan fingerprint density at radius 1 is 1.11 bits per heavy atom. The highest BCUT2D eigenvalue weighted by molar-refractivity contribution is 5.89. The molecule has 0 fully saturated rings. The third-order valence-electron chi connectivity index (χ3n) is 4.37. The number of anilines is 1. The molecule has 0 atom stereocenters. The summed E-state index contributed by atoms with van der Waals surface area (Å²) in [6.07, 6.45) is 0. The van der Waals surface area contributed by atoms with Crippen molar-refractivity contribution in [1.29, 1.82) is 0 Å². The molecule has 2 N–H and O–H groups in total. The van der Waals surface area contributed by atoms with Crippen molar-refractivity contribution in [2.75, 3.05) is 25.6 Å². The molecule has 0 radical (unpaired) electrons. The summed E-state index contributed by atoms with van der Waals surface area (Å²) in [6.45, 7) is 1.36. The molecule has 0 saturated carbocycles. The molecule has 0 spiro atoms. The van der Waals surface area contributed by atoms with Gasteiger partial charge in [-0.25, -0.2) is 4.79 Å². The molecule has 1 aliphatic heterocycles. The van der Waals surface area contributed by atoms with Gasteiger partial charge in [-0.1, -0.05) is 0 Å². The van der Waals surface area contributed by atoms with Gasteiger partial charge in [0.15, 0.2) is 11.5 Å². The molecule has 2 aromatic carbocycles. The van der Waals surface area contributed by atoms with Crippen molar-refractivity contribution in [3.63, 3.8) is 0 Å². The van der Waals surface area contributed by atoms with Gasteiger partial charge in [-0.2, -0.15) is 0 Å². The molecule has 138 valence electrons. The standard InChI is InChI=1S/C20H18N2O5/c1-25-20(24)12-2-4-15(5-3-12)21-11-14-8-13-9-17-18(27-7-6-26-17)10-16(13)22-19(14)23/h2-5,8-10,21H,6-7,11H2,1H3,(H,22,23). The van der Waals surface area contributed by atoms with E-state index in [1.54, 1.807) is 30.3 Å². The number of esters is 1. The average molecular weight is 366 g/mol. The van der Waals surface area contributed by atoms with Crippen molar-refractivity contribution in [2.24, 2.45) is 0 Å². The zero-order valence-corrected chi connectivity index (χ0v) is 14.7. The van der Waals surface area contributed by atoms with Crippen LogP contribution >= 0.6 is 0 Å². The molecule has 0 unspecified atom stereocenters. The van der Waals surface area contributed by atoms with E-state index in [1.165, 1.54) is 7.11 Å². The maximum atomic E-state index is 12.4. The third kappa shape index (κ3) is 3.44. The number of fused-ring (bicyclic) bond motifs is 2. The number of hydrogen-bond acceptors (Lipinski definition) is 6. The van der Waals surface area contributed by atoms with Crippen LogP contribution in [0, 0.1) is 0 Å². The van der Waals surface area contributed by atoms with E-state index < -0.39 is 0 Å². The average Bonchev–Trinajstić information content (AvgIpc) is 2.70. The number of carbonyl (C=O) groups excluding carboxylic acids is 1. The first-order valence-electron chi connectivity index (χ1n) is 8.52. The Hall–Kier alpha value is -3.48. The number of pyridine rings is 1. The highest BCUT2D eigenvalue weighted by atomic mass is 16.6. The summed E-state index contributed by atoms with van der Waals surface area (Å²) in [5.41, 5.74) is 2.40. The molecule has 3 aromatic rings. The van der Waals surface area contributed by atoms with Crippen LogP contribution in [0.15, 0.2) is 47.3 Å². The first-order valence-corrected chi connectivity index (χ1v) is 8.52. The van der Waals surface area contributed by atoms with E-state index in [0.29, 0.717) is 47.9 Å². The molecule has 4 rings (SSSR count). The number of nitrogens with one attached hydrogen (secondary N) is 2. The van der Waals surface area contributed by atoms with Gasteiger partial charge in [0.1, 0.15) is 13.2 Å². The number of aromatic nitrogens is 1. The van der Waals surface area contributed by atoms with Gasteiger partial charge in [0.25, 0.3) is 5.56 Å². The molecule has 1 aromatic heterocycles. The van der Waals surface area contributed by atoms with Crippen molar-refractivity contribution in [3.8, 4) is 11.5 Å². The van der Waals surface area contributed by atoms with Crippen LogP contribution in [0.5, 0.6) is 11.5 Å². The van der Waals surface area contributed by atoms with Crippen molar-refractivity contribution < 1.29 is 19.0 Å². The predicted octanol–water partition coefficient (Wildman–Crippen LogP) is 2.70. The second kappa shape index (κ2) is 7.03. The molecule has 2 heterocycles. The number of carbonyl (C=O) groups is 1. The van der Waals surface area contributed by atoms with Gasteiger partial charge in [-0.05, 0) is 36.4 Å². The summed E-state index contributed by atoms with van der Waals surface area (Å²) in [4.78, 5) is 26.7. The van der Waals surface area contributed by atoms with E-state index in [1.807, 2.05) is 12.1 Å². The molecule has 7 nitrogen and oxygen atoms in total. The summed E-state index contributed by atoms with van der Waals surface area (Å²) in [7, 11) is 1.34. The van der Waals surface area contributed by atoms with Gasteiger partial charge < -0.3 is 24.5 Å². The van der Waals surface area contributed by atoms with Crippen LogP contribution in [-0.4, -0.2) is 31.3 Å². The number of benzene rings is 2. The first kappa shape index (κ1) is 17.0. The second-order valence-corrected chi connectivity index (χ2v) is 6.13. The van der Waals surface area contributed by atoms with Gasteiger partial charge in [-0.3, -0.25) is 4.79 Å². The van der Waals surface area contributed by atoms with E-state index >= 15 is 0 Å². The van der Waals surface area contributed by atoms with Crippen LogP contribution in [0.4, 0.5) is 5.69 Å². The molecule has 0 amide bonds. The molecule has 0 aliphatic carbocycles. The fourth-order valence-electron chi connectivity index (χ4n) is 2.96. The number of rotatable bonds is 4. The maximum absolute atomic E-state index is 12.4. The lowest BCUT2D eigenvalue weighted by molar-refractivity contribution is 0.0601. The normalized spacial score (nSPS) is 12.6. The van der Waals surface area contributed by atoms with Crippen LogP contribution in [0.2, 0.25) is 0 Å². The van der Waals surface area contributed by atoms with Crippen LogP contribution in [0.25, 0.3) is 10.9 Å². The second-order valence-electron chi connectivity index (χ2n) is 6.13.